The van der Waals surface area contributed by atoms with E-state index in [1.807, 2.05) is 19.3 Å². The molecule has 2 unspecified atom stereocenters. The highest BCUT2D eigenvalue weighted by atomic mass is 15.6. The normalized spacial score (nSPS) is 29.0. The van der Waals surface area contributed by atoms with Gasteiger partial charge in [0.25, 0.3) is 0 Å². The number of hydrogen-bond acceptors (Lipinski definition) is 1. The van der Waals surface area contributed by atoms with Gasteiger partial charge in [0.2, 0.25) is 0 Å². The maximum Gasteiger partial charge on any atom is 0.158 e. The van der Waals surface area contributed by atoms with Crippen LogP contribution in [0.5, 0.6) is 0 Å². The number of allylic oxidation sites excluding steroid dienone is 2. The molecule has 0 saturated carbocycles. The molecule has 2 atom stereocenters. The van der Waals surface area contributed by atoms with Gasteiger partial charge in [0.15, 0.2) is 6.04 Å². The van der Waals surface area contributed by atoms with Gasteiger partial charge in [-0.15, -0.1) is 0 Å². The summed E-state index contributed by atoms with van der Waals surface area (Å²) in [6, 6.07) is 8.68. The average Bonchev–Trinajstić information content (AvgIpc) is 2.19. The zero-order valence-corrected chi connectivity index (χ0v) is 10.1. The van der Waals surface area contributed by atoms with Crippen molar-refractivity contribution in [2.45, 2.75) is 19.9 Å². The van der Waals surface area contributed by atoms with Crippen molar-refractivity contribution < 1.29 is 4.59 Å². The minimum atomic E-state index is 0.228. The van der Waals surface area contributed by atoms with Crippen molar-refractivity contribution in [3.05, 3.63) is 59.3 Å². The van der Waals surface area contributed by atoms with Crippen LogP contribution < -0.4 is 5.84 Å². The van der Waals surface area contributed by atoms with Crippen LogP contribution in [0, 0.1) is 6.92 Å². The van der Waals surface area contributed by atoms with E-state index in [4.69, 9.17) is 5.84 Å². The van der Waals surface area contributed by atoms with Crippen molar-refractivity contribution >= 4 is 0 Å². The lowest BCUT2D eigenvalue weighted by molar-refractivity contribution is -0.898. The van der Waals surface area contributed by atoms with Gasteiger partial charge in [-0.2, -0.15) is 5.84 Å². The van der Waals surface area contributed by atoms with Gasteiger partial charge in [-0.1, -0.05) is 30.3 Å². The molecule has 2 heteroatoms. The van der Waals surface area contributed by atoms with Crippen LogP contribution in [-0.2, 0) is 0 Å². The molecule has 16 heavy (non-hydrogen) atoms. The van der Waals surface area contributed by atoms with E-state index in [9.17, 15) is 0 Å². The predicted octanol–water partition coefficient (Wildman–Crippen LogP) is 2.83. The molecule has 2 N–H and O–H groups in total. The second-order valence-electron chi connectivity index (χ2n) is 4.73. The number of quaternary nitrogens is 1. The first kappa shape index (κ1) is 11.1. The standard InChI is InChI=1S/C14H19N2/c1-11-7-4-5-9-13(11)14-12(2)8-6-10-16(14,3)15/h4-10,14H,15H2,1-3H3/q+1. The molecule has 1 aliphatic heterocycles. The summed E-state index contributed by atoms with van der Waals surface area (Å²) < 4.78 is 0.396. The molecular weight excluding hydrogens is 196 g/mol. The largest absolute Gasteiger partial charge is 0.215 e. The fraction of sp³-hybridized carbons (Fsp3) is 0.286. The number of aryl methyl sites for hydroxylation is 1. The molecule has 0 bridgehead atoms. The first-order chi connectivity index (χ1) is 7.52. The zero-order valence-electron chi connectivity index (χ0n) is 10.1. The van der Waals surface area contributed by atoms with Gasteiger partial charge in [-0.3, -0.25) is 0 Å². The van der Waals surface area contributed by atoms with Crippen LogP contribution in [-0.4, -0.2) is 11.6 Å². The summed E-state index contributed by atoms with van der Waals surface area (Å²) in [6.45, 7) is 4.28. The Balaban J connectivity index is 2.51. The lowest BCUT2D eigenvalue weighted by Crippen LogP contribution is -2.50. The van der Waals surface area contributed by atoms with Gasteiger partial charge in [0, 0.05) is 5.56 Å². The number of hydrogen-bond donors (Lipinski definition) is 1. The molecule has 0 radical (unpaired) electrons. The number of likely N-dealkylation sites (N-methyl/N-ethyl adjacent to an activating group) is 1. The van der Waals surface area contributed by atoms with E-state index >= 15 is 0 Å². The average molecular weight is 215 g/mol. The van der Waals surface area contributed by atoms with Crippen molar-refractivity contribution in [3.8, 4) is 0 Å². The summed E-state index contributed by atoms with van der Waals surface area (Å²) >= 11 is 0. The molecular formula is C14H19N2+. The Morgan fingerprint density at radius 1 is 1.19 bits per heavy atom. The Kier molecular flexibility index (Phi) is 2.70. The topological polar surface area (TPSA) is 26.0 Å². The molecule has 0 spiro atoms. The first-order valence-corrected chi connectivity index (χ1v) is 5.58. The van der Waals surface area contributed by atoms with Crippen LogP contribution in [0.25, 0.3) is 0 Å². The van der Waals surface area contributed by atoms with E-state index in [1.165, 1.54) is 16.7 Å². The van der Waals surface area contributed by atoms with Crippen LogP contribution >= 0.6 is 0 Å². The molecule has 0 amide bonds. The maximum atomic E-state index is 6.32. The van der Waals surface area contributed by atoms with Crippen LogP contribution in [0.15, 0.2) is 48.2 Å². The Morgan fingerprint density at radius 3 is 2.50 bits per heavy atom. The van der Waals surface area contributed by atoms with Crippen LogP contribution in [0.4, 0.5) is 0 Å². The van der Waals surface area contributed by atoms with Gasteiger partial charge in [-0.05, 0) is 31.1 Å². The molecule has 84 valence electrons. The highest BCUT2D eigenvalue weighted by Crippen LogP contribution is 2.35. The molecule has 0 aromatic heterocycles. The fourth-order valence-corrected chi connectivity index (χ4v) is 2.43. The van der Waals surface area contributed by atoms with Gasteiger partial charge in [-0.25, -0.2) is 4.59 Å². The molecule has 1 aromatic carbocycles. The van der Waals surface area contributed by atoms with Gasteiger partial charge < -0.3 is 0 Å². The second kappa shape index (κ2) is 3.89. The molecule has 1 aliphatic rings. The number of benzene rings is 1. The van der Waals surface area contributed by atoms with Crippen molar-refractivity contribution in [2.75, 3.05) is 7.05 Å². The monoisotopic (exact) mass is 215 g/mol. The summed E-state index contributed by atoms with van der Waals surface area (Å²) in [5.74, 6) is 6.32. The van der Waals surface area contributed by atoms with Crippen LogP contribution in [0.1, 0.15) is 24.1 Å². The Labute approximate surface area is 97.2 Å². The molecule has 1 heterocycles. The quantitative estimate of drug-likeness (QED) is 0.566. The highest BCUT2D eigenvalue weighted by Gasteiger charge is 2.33. The van der Waals surface area contributed by atoms with Crippen LogP contribution in [0.3, 0.4) is 0 Å². The minimum Gasteiger partial charge on any atom is -0.215 e. The lowest BCUT2D eigenvalue weighted by Gasteiger charge is -2.36. The third-order valence-corrected chi connectivity index (χ3v) is 3.24. The number of rotatable bonds is 1. The predicted molar refractivity (Wildman–Crippen MR) is 67.2 cm³/mol. The third-order valence-electron chi connectivity index (χ3n) is 3.24. The summed E-state index contributed by atoms with van der Waals surface area (Å²) in [4.78, 5) is 0. The summed E-state index contributed by atoms with van der Waals surface area (Å²) in [7, 11) is 2.03. The van der Waals surface area contributed by atoms with E-state index < -0.39 is 0 Å². The van der Waals surface area contributed by atoms with E-state index in [0.717, 1.165) is 0 Å². The zero-order chi connectivity index (χ0) is 11.8. The van der Waals surface area contributed by atoms with Crippen molar-refractivity contribution in [3.63, 3.8) is 0 Å². The SMILES string of the molecule is CC1=CC=C[N+](C)(N)C1c1ccccc1C. The Hall–Kier alpha value is -1.38. The molecule has 2 nitrogen and oxygen atoms in total. The molecule has 0 saturated heterocycles. The molecule has 0 fully saturated rings. The van der Waals surface area contributed by atoms with E-state index in [2.05, 4.69) is 44.2 Å². The van der Waals surface area contributed by atoms with Gasteiger partial charge >= 0.3 is 0 Å². The smallest absolute Gasteiger partial charge is 0.158 e. The summed E-state index contributed by atoms with van der Waals surface area (Å²) in [6.07, 6.45) is 6.21. The fourth-order valence-electron chi connectivity index (χ4n) is 2.43. The third kappa shape index (κ3) is 1.82. The Bertz CT molecular complexity index is 456. The number of nitrogens with zero attached hydrogens (tertiary/aromatic N) is 1. The van der Waals surface area contributed by atoms with Crippen molar-refractivity contribution in [1.82, 2.24) is 0 Å². The minimum absolute atomic E-state index is 0.228. The van der Waals surface area contributed by atoms with Gasteiger partial charge in [0.05, 0.1) is 7.05 Å². The van der Waals surface area contributed by atoms with Gasteiger partial charge in [0.1, 0.15) is 6.20 Å². The molecule has 1 aromatic rings. The van der Waals surface area contributed by atoms with Crippen molar-refractivity contribution in [2.24, 2.45) is 5.84 Å². The van der Waals surface area contributed by atoms with E-state index in [-0.39, 0.29) is 6.04 Å². The Morgan fingerprint density at radius 2 is 1.88 bits per heavy atom. The summed E-state index contributed by atoms with van der Waals surface area (Å²) in [5, 5.41) is 0. The molecule has 2 rings (SSSR count). The second-order valence-corrected chi connectivity index (χ2v) is 4.73. The lowest BCUT2D eigenvalue weighted by atomic mass is 9.92. The van der Waals surface area contributed by atoms with Crippen LogP contribution in [0.2, 0.25) is 0 Å². The van der Waals surface area contributed by atoms with E-state index in [0.29, 0.717) is 4.59 Å². The van der Waals surface area contributed by atoms with Crippen molar-refractivity contribution in [1.29, 1.82) is 0 Å². The maximum absolute atomic E-state index is 6.32. The molecule has 0 aliphatic carbocycles. The first-order valence-electron chi connectivity index (χ1n) is 5.58. The number of nitrogens with two attached hydrogens (primary N) is 1. The summed E-state index contributed by atoms with van der Waals surface area (Å²) in [5.41, 5.74) is 3.91. The van der Waals surface area contributed by atoms with E-state index in [1.54, 1.807) is 0 Å². The highest BCUT2D eigenvalue weighted by molar-refractivity contribution is 5.34.